The van der Waals surface area contributed by atoms with Gasteiger partial charge in [-0.15, -0.1) is 0 Å². The van der Waals surface area contributed by atoms with Gasteiger partial charge in [-0.05, 0) is 29.3 Å². The number of halogens is 1. The second kappa shape index (κ2) is 6.44. The van der Waals surface area contributed by atoms with Crippen molar-refractivity contribution in [1.29, 1.82) is 0 Å². The van der Waals surface area contributed by atoms with Crippen molar-refractivity contribution in [3.63, 3.8) is 0 Å². The highest BCUT2D eigenvalue weighted by molar-refractivity contribution is 7.87. The molecular weight excluding hydrogens is 312 g/mol. The van der Waals surface area contributed by atoms with Gasteiger partial charge in [-0.25, -0.2) is 5.14 Å². The fraction of sp³-hybridized carbons (Fsp3) is 0.143. The summed E-state index contributed by atoms with van der Waals surface area (Å²) in [6.45, 7) is 0. The number of nitrogens with two attached hydrogens (primary N) is 1. The zero-order chi connectivity index (χ0) is 15.5. The quantitative estimate of drug-likeness (QED) is 0.884. The molecule has 0 saturated heterocycles. The van der Waals surface area contributed by atoms with Crippen LogP contribution in [-0.2, 0) is 10.2 Å². The van der Waals surface area contributed by atoms with Crippen molar-refractivity contribution < 1.29 is 13.2 Å². The highest BCUT2D eigenvalue weighted by Crippen LogP contribution is 2.30. The Labute approximate surface area is 128 Å². The predicted molar refractivity (Wildman–Crippen MR) is 82.5 cm³/mol. The van der Waals surface area contributed by atoms with Crippen LogP contribution in [0.3, 0.4) is 0 Å². The highest BCUT2D eigenvalue weighted by atomic mass is 35.5. The number of methoxy groups -OCH3 is 1. The van der Waals surface area contributed by atoms with Crippen LogP contribution >= 0.6 is 11.6 Å². The Kier molecular flexibility index (Phi) is 4.84. The monoisotopic (exact) mass is 326 g/mol. The lowest BCUT2D eigenvalue weighted by molar-refractivity contribution is 0.414. The lowest BCUT2D eigenvalue weighted by Crippen LogP contribution is -2.35. The molecule has 1 atom stereocenters. The Hall–Kier alpha value is -1.60. The lowest BCUT2D eigenvalue weighted by Gasteiger charge is -2.20. The van der Waals surface area contributed by atoms with E-state index in [1.165, 1.54) is 7.11 Å². The SMILES string of the molecule is COc1cccc([C@@H](NS(N)(=O)=O)c2ccccc2Cl)c1. The fourth-order valence-corrected chi connectivity index (χ4v) is 2.84. The minimum Gasteiger partial charge on any atom is -0.497 e. The van der Waals surface area contributed by atoms with Gasteiger partial charge in [0.05, 0.1) is 13.2 Å². The van der Waals surface area contributed by atoms with Gasteiger partial charge in [0.2, 0.25) is 0 Å². The molecule has 7 heteroatoms. The second-order valence-electron chi connectivity index (χ2n) is 4.39. The topological polar surface area (TPSA) is 81.4 Å². The van der Waals surface area contributed by atoms with E-state index in [0.29, 0.717) is 21.9 Å². The number of benzene rings is 2. The maximum atomic E-state index is 11.4. The number of nitrogens with one attached hydrogen (secondary N) is 1. The van der Waals surface area contributed by atoms with E-state index < -0.39 is 16.3 Å². The maximum Gasteiger partial charge on any atom is 0.275 e. The molecule has 2 aromatic rings. The molecule has 3 N–H and O–H groups in total. The third-order valence-electron chi connectivity index (χ3n) is 2.93. The van der Waals surface area contributed by atoms with Crippen LogP contribution in [0.4, 0.5) is 0 Å². The van der Waals surface area contributed by atoms with Gasteiger partial charge in [-0.2, -0.15) is 13.1 Å². The van der Waals surface area contributed by atoms with E-state index in [2.05, 4.69) is 4.72 Å². The first-order valence-corrected chi connectivity index (χ1v) is 8.01. The van der Waals surface area contributed by atoms with Crippen molar-refractivity contribution in [1.82, 2.24) is 4.72 Å². The number of hydrogen-bond acceptors (Lipinski definition) is 3. The second-order valence-corrected chi connectivity index (χ2v) is 6.13. The van der Waals surface area contributed by atoms with E-state index in [0.717, 1.165) is 0 Å². The van der Waals surface area contributed by atoms with Crippen LogP contribution in [0.15, 0.2) is 48.5 Å². The molecule has 112 valence electrons. The van der Waals surface area contributed by atoms with Crippen LogP contribution in [-0.4, -0.2) is 15.5 Å². The van der Waals surface area contributed by atoms with Crippen molar-refractivity contribution in [2.45, 2.75) is 6.04 Å². The first-order valence-electron chi connectivity index (χ1n) is 6.09. The van der Waals surface area contributed by atoms with Crippen LogP contribution in [0.5, 0.6) is 5.75 Å². The smallest absolute Gasteiger partial charge is 0.275 e. The average Bonchev–Trinajstić information content (AvgIpc) is 2.45. The molecule has 0 bridgehead atoms. The number of hydrogen-bond donors (Lipinski definition) is 2. The molecule has 5 nitrogen and oxygen atoms in total. The summed E-state index contributed by atoms with van der Waals surface area (Å²) < 4.78 is 30.4. The molecule has 21 heavy (non-hydrogen) atoms. The number of rotatable bonds is 5. The zero-order valence-electron chi connectivity index (χ0n) is 11.3. The molecular formula is C14H15ClN2O3S. The Bertz CT molecular complexity index is 735. The minimum absolute atomic E-state index is 0.446. The summed E-state index contributed by atoms with van der Waals surface area (Å²) >= 11 is 6.16. The van der Waals surface area contributed by atoms with E-state index in [1.54, 1.807) is 48.5 Å². The molecule has 0 saturated carbocycles. The summed E-state index contributed by atoms with van der Waals surface area (Å²) in [6, 6.07) is 13.3. The fourth-order valence-electron chi connectivity index (χ4n) is 2.01. The molecule has 0 unspecified atom stereocenters. The summed E-state index contributed by atoms with van der Waals surface area (Å²) in [5.74, 6) is 0.612. The molecule has 0 aliphatic heterocycles. The lowest BCUT2D eigenvalue weighted by atomic mass is 9.99. The van der Waals surface area contributed by atoms with Gasteiger partial charge < -0.3 is 4.74 Å². The average molecular weight is 327 g/mol. The van der Waals surface area contributed by atoms with Gasteiger partial charge in [0.1, 0.15) is 5.75 Å². The Morgan fingerprint density at radius 2 is 1.90 bits per heavy atom. The third kappa shape index (κ3) is 4.18. The molecule has 0 radical (unpaired) electrons. The van der Waals surface area contributed by atoms with Crippen LogP contribution in [0.25, 0.3) is 0 Å². The largest absolute Gasteiger partial charge is 0.497 e. The van der Waals surface area contributed by atoms with Crippen molar-refractivity contribution in [2.75, 3.05) is 7.11 Å². The van der Waals surface area contributed by atoms with E-state index in [4.69, 9.17) is 21.5 Å². The van der Waals surface area contributed by atoms with Gasteiger partial charge in [0, 0.05) is 5.02 Å². The molecule has 0 aromatic heterocycles. The van der Waals surface area contributed by atoms with Crippen LogP contribution in [0, 0.1) is 0 Å². The van der Waals surface area contributed by atoms with Gasteiger partial charge >= 0.3 is 0 Å². The van der Waals surface area contributed by atoms with E-state index in [1.807, 2.05) is 0 Å². The van der Waals surface area contributed by atoms with E-state index in [-0.39, 0.29) is 0 Å². The van der Waals surface area contributed by atoms with Crippen molar-refractivity contribution in [3.05, 3.63) is 64.7 Å². The number of ether oxygens (including phenoxy) is 1. The molecule has 2 aromatic carbocycles. The van der Waals surface area contributed by atoms with E-state index in [9.17, 15) is 8.42 Å². The van der Waals surface area contributed by atoms with E-state index >= 15 is 0 Å². The molecule has 0 fully saturated rings. The Morgan fingerprint density at radius 3 is 2.52 bits per heavy atom. The molecule has 0 spiro atoms. The standard InChI is InChI=1S/C14H15ClN2O3S/c1-20-11-6-4-5-10(9-11)14(17-21(16,18)19)12-7-2-3-8-13(12)15/h2-9,14,17H,1H3,(H2,16,18,19)/t14-/m1/s1. The third-order valence-corrected chi connectivity index (χ3v) is 3.83. The highest BCUT2D eigenvalue weighted by Gasteiger charge is 2.21. The van der Waals surface area contributed by atoms with Crippen molar-refractivity contribution >= 4 is 21.8 Å². The van der Waals surface area contributed by atoms with Crippen molar-refractivity contribution in [3.8, 4) is 5.75 Å². The Morgan fingerprint density at radius 1 is 1.19 bits per heavy atom. The van der Waals surface area contributed by atoms with Gasteiger partial charge in [0.25, 0.3) is 10.2 Å². The summed E-state index contributed by atoms with van der Waals surface area (Å²) in [5, 5.41) is 5.56. The minimum atomic E-state index is -3.91. The first kappa shape index (κ1) is 15.8. The van der Waals surface area contributed by atoms with Gasteiger partial charge in [0.15, 0.2) is 0 Å². The molecule has 0 amide bonds. The molecule has 0 aliphatic rings. The summed E-state index contributed by atoms with van der Waals surface area (Å²) in [4.78, 5) is 0. The van der Waals surface area contributed by atoms with Crippen molar-refractivity contribution in [2.24, 2.45) is 5.14 Å². The zero-order valence-corrected chi connectivity index (χ0v) is 12.9. The van der Waals surface area contributed by atoms with Crippen LogP contribution < -0.4 is 14.6 Å². The first-order chi connectivity index (χ1) is 9.90. The normalized spacial score (nSPS) is 12.9. The summed E-state index contributed by atoms with van der Waals surface area (Å²) in [5.41, 5.74) is 1.29. The summed E-state index contributed by atoms with van der Waals surface area (Å²) in [7, 11) is -2.37. The van der Waals surface area contributed by atoms with Gasteiger partial charge in [-0.3, -0.25) is 0 Å². The van der Waals surface area contributed by atoms with Crippen LogP contribution in [0.1, 0.15) is 17.2 Å². The van der Waals surface area contributed by atoms with Crippen LogP contribution in [0.2, 0.25) is 5.02 Å². The molecule has 2 rings (SSSR count). The molecule has 0 heterocycles. The Balaban J connectivity index is 2.53. The van der Waals surface area contributed by atoms with Gasteiger partial charge in [-0.1, -0.05) is 41.9 Å². The maximum absolute atomic E-state index is 11.4. The summed E-state index contributed by atoms with van der Waals surface area (Å²) in [6.07, 6.45) is 0. The predicted octanol–water partition coefficient (Wildman–Crippen LogP) is 2.23. The molecule has 0 aliphatic carbocycles.